The summed E-state index contributed by atoms with van der Waals surface area (Å²) in [5.41, 5.74) is 1.27. The number of nitrogens with zero attached hydrogens (tertiary/aromatic N) is 1. The predicted molar refractivity (Wildman–Crippen MR) is 83.1 cm³/mol. The largest absolute Gasteiger partial charge is 0.480 e. The van der Waals surface area contributed by atoms with Crippen LogP contribution in [0, 0.1) is 0 Å². The number of benzene rings is 1. The Kier molecular flexibility index (Phi) is 4.59. The highest BCUT2D eigenvalue weighted by molar-refractivity contribution is 9.10. The van der Waals surface area contributed by atoms with E-state index in [1.807, 2.05) is 0 Å². The zero-order valence-electron chi connectivity index (χ0n) is 12.0. The summed E-state index contributed by atoms with van der Waals surface area (Å²) in [7, 11) is -2.80. The predicted octanol–water partition coefficient (Wildman–Crippen LogP) is 1.43. The molecule has 1 aliphatic rings. The molecular weight excluding hydrogens is 376 g/mol. The van der Waals surface area contributed by atoms with E-state index in [1.165, 1.54) is 20.0 Å². The van der Waals surface area contributed by atoms with Crippen molar-refractivity contribution in [2.24, 2.45) is 0 Å². The summed E-state index contributed by atoms with van der Waals surface area (Å²) in [6.45, 7) is 1.29. The molecule has 1 atom stereocenters. The standard InChI is InChI=1S/C13H15BrN2O5S/c1-7(13(18)19)16(2)22(20,21)11-6-10-8(5-9(11)14)3-4-12(17)15-10/h5-7H,3-4H2,1-2H3,(H,15,17)(H,18,19). The zero-order valence-corrected chi connectivity index (χ0v) is 14.4. The quantitative estimate of drug-likeness (QED) is 0.808. The number of rotatable bonds is 4. The van der Waals surface area contributed by atoms with Crippen molar-refractivity contribution in [3.8, 4) is 0 Å². The van der Waals surface area contributed by atoms with Gasteiger partial charge in [0.25, 0.3) is 0 Å². The summed E-state index contributed by atoms with van der Waals surface area (Å²) in [5.74, 6) is -1.42. The molecule has 7 nitrogen and oxygen atoms in total. The van der Waals surface area contributed by atoms with E-state index in [0.29, 0.717) is 23.0 Å². The fraction of sp³-hybridized carbons (Fsp3) is 0.385. The lowest BCUT2D eigenvalue weighted by molar-refractivity contribution is -0.140. The Balaban J connectivity index is 2.50. The third-order valence-corrected chi connectivity index (χ3v) is 6.50. The molecule has 1 aromatic carbocycles. The minimum absolute atomic E-state index is 0.0796. The third kappa shape index (κ3) is 3.01. The highest BCUT2D eigenvalue weighted by Gasteiger charge is 2.32. The van der Waals surface area contributed by atoms with Crippen LogP contribution < -0.4 is 5.32 Å². The summed E-state index contributed by atoms with van der Waals surface area (Å²) < 4.78 is 26.3. The van der Waals surface area contributed by atoms with Crippen LogP contribution in [-0.2, 0) is 26.0 Å². The molecule has 0 aromatic heterocycles. The Hall–Kier alpha value is -1.45. The molecule has 0 bridgehead atoms. The van der Waals surface area contributed by atoms with Gasteiger partial charge in [-0.1, -0.05) is 0 Å². The van der Waals surface area contributed by atoms with Gasteiger partial charge in [0.15, 0.2) is 0 Å². The summed E-state index contributed by atoms with van der Waals surface area (Å²) in [4.78, 5) is 22.4. The molecule has 120 valence electrons. The average Bonchev–Trinajstić information content (AvgIpc) is 2.45. The summed E-state index contributed by atoms with van der Waals surface area (Å²) >= 11 is 3.21. The normalized spacial score (nSPS) is 16.1. The van der Waals surface area contributed by atoms with Crippen LogP contribution in [0.1, 0.15) is 18.9 Å². The lowest BCUT2D eigenvalue weighted by atomic mass is 10.0. The number of amides is 1. The molecule has 0 saturated heterocycles. The summed E-state index contributed by atoms with van der Waals surface area (Å²) in [6, 6.07) is 1.79. The van der Waals surface area contributed by atoms with Crippen molar-refractivity contribution in [3.63, 3.8) is 0 Å². The van der Waals surface area contributed by atoms with Crippen LogP contribution in [-0.4, -0.2) is 42.8 Å². The highest BCUT2D eigenvalue weighted by atomic mass is 79.9. The molecule has 0 radical (unpaired) electrons. The van der Waals surface area contributed by atoms with Crippen LogP contribution in [0.5, 0.6) is 0 Å². The van der Waals surface area contributed by atoms with Gasteiger partial charge < -0.3 is 10.4 Å². The molecule has 0 saturated carbocycles. The van der Waals surface area contributed by atoms with Crippen LogP contribution in [0.2, 0.25) is 0 Å². The second kappa shape index (κ2) is 5.98. The first-order valence-corrected chi connectivity index (χ1v) is 8.71. The molecular formula is C13H15BrN2O5S. The Morgan fingerprint density at radius 3 is 2.64 bits per heavy atom. The highest BCUT2D eigenvalue weighted by Crippen LogP contribution is 2.33. The second-order valence-electron chi connectivity index (χ2n) is 5.02. The van der Waals surface area contributed by atoms with E-state index >= 15 is 0 Å². The Morgan fingerprint density at radius 1 is 1.41 bits per heavy atom. The van der Waals surface area contributed by atoms with Gasteiger partial charge in [-0.25, -0.2) is 8.42 Å². The van der Waals surface area contributed by atoms with Gasteiger partial charge in [0.2, 0.25) is 15.9 Å². The number of likely N-dealkylation sites (N-methyl/N-ethyl adjacent to an activating group) is 1. The van der Waals surface area contributed by atoms with Crippen molar-refractivity contribution in [1.29, 1.82) is 0 Å². The van der Waals surface area contributed by atoms with Gasteiger partial charge in [-0.3, -0.25) is 9.59 Å². The van der Waals surface area contributed by atoms with Crippen molar-refractivity contribution in [2.45, 2.75) is 30.7 Å². The molecule has 2 rings (SSSR count). The monoisotopic (exact) mass is 390 g/mol. The number of halogens is 1. The number of sulfonamides is 1. The van der Waals surface area contributed by atoms with Crippen molar-refractivity contribution < 1.29 is 23.1 Å². The molecule has 0 fully saturated rings. The van der Waals surface area contributed by atoms with Gasteiger partial charge in [-0.15, -0.1) is 0 Å². The van der Waals surface area contributed by atoms with Crippen LogP contribution in [0.15, 0.2) is 21.5 Å². The van der Waals surface area contributed by atoms with Crippen molar-refractivity contribution in [1.82, 2.24) is 4.31 Å². The molecule has 0 aliphatic carbocycles. The second-order valence-corrected chi connectivity index (χ2v) is 7.84. The number of carboxylic acid groups (broad SMARTS) is 1. The Morgan fingerprint density at radius 2 is 2.05 bits per heavy atom. The van der Waals surface area contributed by atoms with E-state index in [4.69, 9.17) is 5.11 Å². The molecule has 1 aromatic rings. The van der Waals surface area contributed by atoms with Crippen molar-refractivity contribution in [2.75, 3.05) is 12.4 Å². The Labute approximate surface area is 136 Å². The SMILES string of the molecule is CC(C(=O)O)N(C)S(=O)(=O)c1cc2c(cc1Br)CCC(=O)N2. The van der Waals surface area contributed by atoms with Crippen molar-refractivity contribution >= 4 is 43.5 Å². The minimum Gasteiger partial charge on any atom is -0.480 e. The molecule has 1 heterocycles. The number of carbonyl (C=O) groups excluding carboxylic acids is 1. The summed E-state index contributed by atoms with van der Waals surface area (Å²) in [5, 5.41) is 11.6. The number of fused-ring (bicyclic) bond motifs is 1. The maximum absolute atomic E-state index is 12.6. The molecule has 2 N–H and O–H groups in total. The first kappa shape index (κ1) is 16.9. The fourth-order valence-electron chi connectivity index (χ4n) is 2.10. The van der Waals surface area contributed by atoms with Gasteiger partial charge in [-0.05, 0) is 47.0 Å². The van der Waals surface area contributed by atoms with E-state index in [9.17, 15) is 18.0 Å². The third-order valence-electron chi connectivity index (χ3n) is 3.61. The summed E-state index contributed by atoms with van der Waals surface area (Å²) in [6.07, 6.45) is 0.878. The Bertz CT molecular complexity index is 747. The van der Waals surface area contributed by atoms with Crippen LogP contribution >= 0.6 is 15.9 Å². The lowest BCUT2D eigenvalue weighted by Gasteiger charge is -2.24. The molecule has 1 aliphatic heterocycles. The van der Waals surface area contributed by atoms with E-state index in [0.717, 1.165) is 9.87 Å². The molecule has 0 spiro atoms. The number of anilines is 1. The molecule has 1 unspecified atom stereocenters. The van der Waals surface area contributed by atoms with Gasteiger partial charge >= 0.3 is 5.97 Å². The molecule has 1 amide bonds. The average molecular weight is 391 g/mol. The topological polar surface area (TPSA) is 104 Å². The van der Waals surface area contributed by atoms with Crippen LogP contribution in [0.3, 0.4) is 0 Å². The smallest absolute Gasteiger partial charge is 0.321 e. The van der Waals surface area contributed by atoms with Crippen molar-refractivity contribution in [3.05, 3.63) is 22.2 Å². The van der Waals surface area contributed by atoms with E-state index in [2.05, 4.69) is 21.2 Å². The maximum Gasteiger partial charge on any atom is 0.321 e. The van der Waals surface area contributed by atoms with Crippen LogP contribution in [0.25, 0.3) is 0 Å². The number of nitrogens with one attached hydrogen (secondary N) is 1. The van der Waals surface area contributed by atoms with E-state index in [-0.39, 0.29) is 10.8 Å². The first-order valence-electron chi connectivity index (χ1n) is 6.47. The van der Waals surface area contributed by atoms with Crippen LogP contribution in [0.4, 0.5) is 5.69 Å². The van der Waals surface area contributed by atoms with Gasteiger partial charge in [0.05, 0.1) is 4.90 Å². The van der Waals surface area contributed by atoms with Gasteiger partial charge in [0.1, 0.15) is 6.04 Å². The van der Waals surface area contributed by atoms with E-state index in [1.54, 1.807) is 6.07 Å². The molecule has 22 heavy (non-hydrogen) atoms. The number of hydrogen-bond donors (Lipinski definition) is 2. The van der Waals surface area contributed by atoms with Gasteiger partial charge in [0, 0.05) is 23.6 Å². The van der Waals surface area contributed by atoms with Gasteiger partial charge in [-0.2, -0.15) is 4.31 Å². The lowest BCUT2D eigenvalue weighted by Crippen LogP contribution is -2.40. The number of carboxylic acids is 1. The van der Waals surface area contributed by atoms with E-state index < -0.39 is 22.0 Å². The molecule has 9 heteroatoms. The number of aliphatic carboxylic acids is 1. The fourth-order valence-corrected chi connectivity index (χ4v) is 4.49. The number of aryl methyl sites for hydroxylation is 1. The first-order chi connectivity index (χ1) is 10.1. The number of hydrogen-bond acceptors (Lipinski definition) is 4. The maximum atomic E-state index is 12.6. The number of carbonyl (C=O) groups is 2. The zero-order chi connectivity index (χ0) is 16.7. The minimum atomic E-state index is -4.01.